The number of hydrogen-bond acceptors (Lipinski definition) is 2. The third kappa shape index (κ3) is 2.61. The fourth-order valence-electron chi connectivity index (χ4n) is 2.99. The van der Waals surface area contributed by atoms with E-state index in [1.807, 2.05) is 0 Å². The van der Waals surface area contributed by atoms with Crippen LogP contribution in [0.3, 0.4) is 0 Å². The van der Waals surface area contributed by atoms with Crippen LogP contribution >= 0.6 is 11.6 Å². The van der Waals surface area contributed by atoms with Gasteiger partial charge in [0.15, 0.2) is 5.22 Å². The summed E-state index contributed by atoms with van der Waals surface area (Å²) in [6.07, 6.45) is 2.91. The van der Waals surface area contributed by atoms with E-state index in [0.29, 0.717) is 28.7 Å². The summed E-state index contributed by atoms with van der Waals surface area (Å²) in [5.74, 6) is 2.29. The first kappa shape index (κ1) is 12.0. The lowest BCUT2D eigenvalue weighted by Gasteiger charge is -2.33. The lowest BCUT2D eigenvalue weighted by atomic mass is 9.74. The molecule has 1 aliphatic carbocycles. The maximum atomic E-state index is 10.2. The van der Waals surface area contributed by atoms with Crippen molar-refractivity contribution in [3.8, 4) is 0 Å². The summed E-state index contributed by atoms with van der Waals surface area (Å²) < 4.78 is 5.28. The van der Waals surface area contributed by atoms with Crippen LogP contribution in [-0.4, -0.2) is 5.11 Å². The maximum Gasteiger partial charge on any atom is 0.193 e. The van der Waals surface area contributed by atoms with Crippen molar-refractivity contribution in [2.75, 3.05) is 0 Å². The van der Waals surface area contributed by atoms with Crippen molar-refractivity contribution in [2.45, 2.75) is 39.2 Å². The van der Waals surface area contributed by atoms with Gasteiger partial charge in [0, 0.05) is 0 Å². The molecule has 16 heavy (non-hydrogen) atoms. The molecule has 90 valence electrons. The van der Waals surface area contributed by atoms with Crippen LogP contribution in [0.15, 0.2) is 16.5 Å². The van der Waals surface area contributed by atoms with E-state index in [0.717, 1.165) is 12.8 Å². The minimum atomic E-state index is -0.502. The summed E-state index contributed by atoms with van der Waals surface area (Å²) in [5.41, 5.74) is 0. The van der Waals surface area contributed by atoms with E-state index >= 15 is 0 Å². The first-order valence-corrected chi connectivity index (χ1v) is 6.37. The maximum absolute atomic E-state index is 10.2. The Morgan fingerprint density at radius 1 is 1.25 bits per heavy atom. The Labute approximate surface area is 102 Å². The number of aliphatic hydroxyl groups is 1. The van der Waals surface area contributed by atoms with Crippen molar-refractivity contribution in [1.82, 2.24) is 0 Å². The van der Waals surface area contributed by atoms with Gasteiger partial charge in [0.1, 0.15) is 11.9 Å². The third-order valence-electron chi connectivity index (χ3n) is 3.55. The standard InChI is InChI=1S/C13H19ClO2/c1-8-5-9(2)7-10(6-8)13(15)11-3-4-12(14)16-11/h3-4,8-10,13,15H,5-7H2,1-2H3. The molecule has 2 rings (SSSR count). The van der Waals surface area contributed by atoms with E-state index in [2.05, 4.69) is 13.8 Å². The Morgan fingerprint density at radius 2 is 1.88 bits per heavy atom. The molecule has 0 saturated heterocycles. The van der Waals surface area contributed by atoms with E-state index in [1.54, 1.807) is 12.1 Å². The number of rotatable bonds is 2. The SMILES string of the molecule is CC1CC(C)CC(C(O)c2ccc(Cl)o2)C1. The van der Waals surface area contributed by atoms with Gasteiger partial charge in [-0.2, -0.15) is 0 Å². The van der Waals surface area contributed by atoms with Crippen molar-refractivity contribution < 1.29 is 9.52 Å². The molecule has 0 amide bonds. The summed E-state index contributed by atoms with van der Waals surface area (Å²) in [6, 6.07) is 3.47. The van der Waals surface area contributed by atoms with E-state index in [9.17, 15) is 5.11 Å². The van der Waals surface area contributed by atoms with Gasteiger partial charge in [-0.3, -0.25) is 0 Å². The summed E-state index contributed by atoms with van der Waals surface area (Å²) in [6.45, 7) is 4.51. The van der Waals surface area contributed by atoms with Crippen LogP contribution < -0.4 is 0 Å². The largest absolute Gasteiger partial charge is 0.447 e. The lowest BCUT2D eigenvalue weighted by Crippen LogP contribution is -2.24. The predicted octanol–water partition coefficient (Wildman–Crippen LogP) is 4.04. The Bertz CT molecular complexity index is 337. The molecule has 1 aromatic heterocycles. The van der Waals surface area contributed by atoms with E-state index in [1.165, 1.54) is 6.42 Å². The third-order valence-corrected chi connectivity index (χ3v) is 3.75. The molecule has 3 unspecified atom stereocenters. The van der Waals surface area contributed by atoms with Gasteiger partial charge in [0.05, 0.1) is 0 Å². The molecular formula is C13H19ClO2. The molecule has 1 heterocycles. The smallest absolute Gasteiger partial charge is 0.193 e. The van der Waals surface area contributed by atoms with Crippen LogP contribution in [0.25, 0.3) is 0 Å². The van der Waals surface area contributed by atoms with Gasteiger partial charge in [-0.25, -0.2) is 0 Å². The molecule has 3 atom stereocenters. The predicted molar refractivity (Wildman–Crippen MR) is 64.3 cm³/mol. The lowest BCUT2D eigenvalue weighted by molar-refractivity contribution is 0.0398. The first-order valence-electron chi connectivity index (χ1n) is 5.99. The second kappa shape index (κ2) is 4.80. The highest BCUT2D eigenvalue weighted by molar-refractivity contribution is 6.28. The van der Waals surface area contributed by atoms with Crippen LogP contribution in [-0.2, 0) is 0 Å². The van der Waals surface area contributed by atoms with Crippen molar-refractivity contribution in [3.05, 3.63) is 23.1 Å². The highest BCUT2D eigenvalue weighted by atomic mass is 35.5. The molecule has 1 N–H and O–H groups in total. The van der Waals surface area contributed by atoms with E-state index in [4.69, 9.17) is 16.0 Å². The second-order valence-corrected chi connectivity index (χ2v) is 5.64. The number of aliphatic hydroxyl groups excluding tert-OH is 1. The number of furan rings is 1. The molecule has 0 spiro atoms. The van der Waals surface area contributed by atoms with Crippen LogP contribution in [0.4, 0.5) is 0 Å². The molecule has 0 aliphatic heterocycles. The van der Waals surface area contributed by atoms with Gasteiger partial charge in [-0.1, -0.05) is 13.8 Å². The highest BCUT2D eigenvalue weighted by Crippen LogP contribution is 2.40. The Morgan fingerprint density at radius 3 is 2.38 bits per heavy atom. The van der Waals surface area contributed by atoms with Crippen LogP contribution in [0.2, 0.25) is 5.22 Å². The minimum Gasteiger partial charge on any atom is -0.447 e. The van der Waals surface area contributed by atoms with Gasteiger partial charge >= 0.3 is 0 Å². The van der Waals surface area contributed by atoms with Crippen LogP contribution in [0, 0.1) is 17.8 Å². The van der Waals surface area contributed by atoms with Gasteiger partial charge in [-0.15, -0.1) is 0 Å². The Balaban J connectivity index is 2.06. The van der Waals surface area contributed by atoms with Crippen molar-refractivity contribution >= 4 is 11.6 Å². The summed E-state index contributed by atoms with van der Waals surface area (Å²) in [4.78, 5) is 0. The van der Waals surface area contributed by atoms with E-state index < -0.39 is 6.10 Å². The molecular weight excluding hydrogens is 224 g/mol. The molecule has 0 aromatic carbocycles. The second-order valence-electron chi connectivity index (χ2n) is 5.26. The van der Waals surface area contributed by atoms with Gasteiger partial charge < -0.3 is 9.52 Å². The fourth-order valence-corrected chi connectivity index (χ4v) is 3.14. The highest BCUT2D eigenvalue weighted by Gasteiger charge is 2.31. The van der Waals surface area contributed by atoms with Crippen LogP contribution in [0.5, 0.6) is 0 Å². The monoisotopic (exact) mass is 242 g/mol. The molecule has 1 aromatic rings. The average molecular weight is 243 g/mol. The molecule has 2 nitrogen and oxygen atoms in total. The summed E-state index contributed by atoms with van der Waals surface area (Å²) in [5, 5.41) is 10.6. The topological polar surface area (TPSA) is 33.4 Å². The normalized spacial score (nSPS) is 32.6. The number of hydrogen-bond donors (Lipinski definition) is 1. The van der Waals surface area contributed by atoms with Crippen LogP contribution in [0.1, 0.15) is 45.0 Å². The Hall–Kier alpha value is -0.470. The Kier molecular flexibility index (Phi) is 3.60. The zero-order valence-corrected chi connectivity index (χ0v) is 10.6. The molecule has 3 heteroatoms. The molecule has 1 saturated carbocycles. The number of halogens is 1. The molecule has 0 bridgehead atoms. The summed E-state index contributed by atoms with van der Waals surface area (Å²) in [7, 11) is 0. The van der Waals surface area contributed by atoms with Crippen molar-refractivity contribution in [3.63, 3.8) is 0 Å². The van der Waals surface area contributed by atoms with Gasteiger partial charge in [0.2, 0.25) is 0 Å². The minimum absolute atomic E-state index is 0.306. The van der Waals surface area contributed by atoms with Crippen molar-refractivity contribution in [1.29, 1.82) is 0 Å². The fraction of sp³-hybridized carbons (Fsp3) is 0.692. The van der Waals surface area contributed by atoms with Crippen molar-refractivity contribution in [2.24, 2.45) is 17.8 Å². The zero-order chi connectivity index (χ0) is 11.7. The molecule has 0 radical (unpaired) electrons. The molecule has 1 fully saturated rings. The van der Waals surface area contributed by atoms with Gasteiger partial charge in [-0.05, 0) is 60.7 Å². The average Bonchev–Trinajstić information content (AvgIpc) is 2.62. The van der Waals surface area contributed by atoms with Gasteiger partial charge in [0.25, 0.3) is 0 Å². The zero-order valence-electron chi connectivity index (χ0n) is 9.82. The summed E-state index contributed by atoms with van der Waals surface area (Å²) >= 11 is 5.72. The van der Waals surface area contributed by atoms with E-state index in [-0.39, 0.29) is 0 Å². The first-order chi connectivity index (χ1) is 7.56. The quantitative estimate of drug-likeness (QED) is 0.849. The molecule has 1 aliphatic rings.